The van der Waals surface area contributed by atoms with Crippen LogP contribution in [0.2, 0.25) is 0 Å². The Labute approximate surface area is 231 Å². The van der Waals surface area contributed by atoms with E-state index in [4.69, 9.17) is 5.73 Å². The Hall–Kier alpha value is -3.27. The minimum Gasteiger partial charge on any atom is -0.341 e. The number of carbonyl (C=O) groups is 2. The number of amides is 2. The summed E-state index contributed by atoms with van der Waals surface area (Å²) in [5.41, 5.74) is 7.79. The lowest BCUT2D eigenvalue weighted by Crippen LogP contribution is -2.55. The van der Waals surface area contributed by atoms with Gasteiger partial charge in [-0.2, -0.15) is 0 Å². The zero-order valence-corrected chi connectivity index (χ0v) is 23.8. The van der Waals surface area contributed by atoms with Crippen LogP contribution in [0, 0.1) is 18.8 Å². The summed E-state index contributed by atoms with van der Waals surface area (Å²) in [5, 5.41) is 4.12. The SMILES string of the molecule is Cc1ccccc1C(=O)Nc1ccc(S(=O)(=O)NC2CCN(C(=O)C(C)N)CC2CC(C)C)c2ccccc12. The number of piperidine rings is 1. The van der Waals surface area contributed by atoms with Gasteiger partial charge in [0.05, 0.1) is 10.9 Å². The summed E-state index contributed by atoms with van der Waals surface area (Å²) in [6.45, 7) is 8.65. The van der Waals surface area contributed by atoms with Crippen LogP contribution < -0.4 is 15.8 Å². The lowest BCUT2D eigenvalue weighted by atomic mass is 9.86. The highest BCUT2D eigenvalue weighted by Gasteiger charge is 2.35. The number of nitrogens with zero attached hydrogens (tertiary/aromatic N) is 1. The van der Waals surface area contributed by atoms with Crippen LogP contribution in [0.3, 0.4) is 0 Å². The lowest BCUT2D eigenvalue weighted by molar-refractivity contribution is -0.134. The number of anilines is 1. The fourth-order valence-electron chi connectivity index (χ4n) is 5.41. The third-order valence-electron chi connectivity index (χ3n) is 7.33. The average molecular weight is 551 g/mol. The lowest BCUT2D eigenvalue weighted by Gasteiger charge is -2.40. The molecule has 0 aromatic heterocycles. The molecule has 0 saturated carbocycles. The molecule has 0 radical (unpaired) electrons. The molecule has 1 saturated heterocycles. The third kappa shape index (κ3) is 6.49. The number of nitrogens with two attached hydrogens (primary N) is 1. The molecule has 3 aromatic rings. The Bertz CT molecular complexity index is 1470. The molecule has 1 fully saturated rings. The number of rotatable bonds is 8. The molecule has 208 valence electrons. The first-order valence-electron chi connectivity index (χ1n) is 13.4. The van der Waals surface area contributed by atoms with Crippen molar-refractivity contribution >= 4 is 38.3 Å². The zero-order valence-electron chi connectivity index (χ0n) is 23.0. The minimum absolute atomic E-state index is 0.0323. The second-order valence-corrected chi connectivity index (χ2v) is 12.6. The third-order valence-corrected chi connectivity index (χ3v) is 8.88. The molecule has 2 amide bonds. The van der Waals surface area contributed by atoms with Crippen molar-refractivity contribution in [2.24, 2.45) is 17.6 Å². The first-order valence-corrected chi connectivity index (χ1v) is 14.9. The van der Waals surface area contributed by atoms with Gasteiger partial charge in [0.15, 0.2) is 0 Å². The predicted octanol–water partition coefficient (Wildman–Crippen LogP) is 4.29. The van der Waals surface area contributed by atoms with E-state index < -0.39 is 16.1 Å². The fraction of sp³-hybridized carbons (Fsp3) is 0.400. The number of benzene rings is 3. The van der Waals surface area contributed by atoms with Crippen molar-refractivity contribution in [1.82, 2.24) is 9.62 Å². The van der Waals surface area contributed by atoms with Crippen LogP contribution in [0.15, 0.2) is 65.6 Å². The molecule has 0 bridgehead atoms. The van der Waals surface area contributed by atoms with Crippen molar-refractivity contribution in [2.45, 2.75) is 57.5 Å². The van der Waals surface area contributed by atoms with Gasteiger partial charge in [0, 0.05) is 41.2 Å². The molecule has 3 unspecified atom stereocenters. The molecule has 9 heteroatoms. The Balaban J connectivity index is 1.62. The number of nitrogens with one attached hydrogen (secondary N) is 2. The van der Waals surface area contributed by atoms with E-state index in [0.717, 1.165) is 12.0 Å². The Morgan fingerprint density at radius 2 is 1.67 bits per heavy atom. The number of fused-ring (bicyclic) bond motifs is 1. The van der Waals surface area contributed by atoms with Crippen molar-refractivity contribution in [3.8, 4) is 0 Å². The quantitative estimate of drug-likeness (QED) is 0.386. The fourth-order valence-corrected chi connectivity index (χ4v) is 6.97. The molecule has 3 atom stereocenters. The monoisotopic (exact) mass is 550 g/mol. The average Bonchev–Trinajstić information content (AvgIpc) is 2.89. The molecule has 4 N–H and O–H groups in total. The van der Waals surface area contributed by atoms with Crippen LogP contribution in [0.4, 0.5) is 5.69 Å². The summed E-state index contributed by atoms with van der Waals surface area (Å²) in [4.78, 5) is 27.4. The van der Waals surface area contributed by atoms with E-state index in [9.17, 15) is 18.0 Å². The van der Waals surface area contributed by atoms with E-state index in [1.54, 1.807) is 42.2 Å². The molecule has 3 aromatic carbocycles. The first-order chi connectivity index (χ1) is 18.5. The van der Waals surface area contributed by atoms with Crippen molar-refractivity contribution < 1.29 is 18.0 Å². The highest BCUT2D eigenvalue weighted by Crippen LogP contribution is 2.32. The van der Waals surface area contributed by atoms with E-state index in [-0.39, 0.29) is 28.7 Å². The van der Waals surface area contributed by atoms with Crippen LogP contribution in [-0.2, 0) is 14.8 Å². The topological polar surface area (TPSA) is 122 Å². The molecule has 1 aliphatic rings. The standard InChI is InChI=1S/C30H38N4O4S/c1-19(2)17-22-18-34(30(36)21(4)31)16-15-26(22)33-39(37,38)28-14-13-27(24-11-7-8-12-25(24)28)32-29(35)23-10-6-5-9-20(23)3/h5-14,19,21-22,26,33H,15-18,31H2,1-4H3,(H,32,35). The second kappa shape index (κ2) is 11.9. The molecular formula is C30H38N4O4S. The molecule has 39 heavy (non-hydrogen) atoms. The van der Waals surface area contributed by atoms with Gasteiger partial charge in [0.1, 0.15) is 0 Å². The van der Waals surface area contributed by atoms with E-state index >= 15 is 0 Å². The summed E-state index contributed by atoms with van der Waals surface area (Å²) >= 11 is 0. The molecule has 1 aliphatic heterocycles. The van der Waals surface area contributed by atoms with E-state index in [1.165, 1.54) is 0 Å². The Morgan fingerprint density at radius 1 is 1.00 bits per heavy atom. The number of sulfonamides is 1. The maximum Gasteiger partial charge on any atom is 0.255 e. The van der Waals surface area contributed by atoms with Crippen LogP contribution >= 0.6 is 0 Å². The van der Waals surface area contributed by atoms with Gasteiger partial charge in [-0.1, -0.05) is 56.3 Å². The van der Waals surface area contributed by atoms with Gasteiger partial charge >= 0.3 is 0 Å². The van der Waals surface area contributed by atoms with Gasteiger partial charge in [0.2, 0.25) is 15.9 Å². The van der Waals surface area contributed by atoms with Crippen molar-refractivity contribution in [3.63, 3.8) is 0 Å². The van der Waals surface area contributed by atoms with Gasteiger partial charge in [0.25, 0.3) is 5.91 Å². The maximum absolute atomic E-state index is 13.8. The van der Waals surface area contributed by atoms with Gasteiger partial charge in [-0.25, -0.2) is 13.1 Å². The number of hydrogen-bond donors (Lipinski definition) is 3. The summed E-state index contributed by atoms with van der Waals surface area (Å²) in [7, 11) is -3.90. The van der Waals surface area contributed by atoms with E-state index in [0.29, 0.717) is 47.5 Å². The molecule has 0 spiro atoms. The highest BCUT2D eigenvalue weighted by molar-refractivity contribution is 7.89. The summed E-state index contributed by atoms with van der Waals surface area (Å²) in [6.07, 6.45) is 1.29. The van der Waals surface area contributed by atoms with Crippen LogP contribution in [0.1, 0.15) is 49.5 Å². The van der Waals surface area contributed by atoms with Crippen molar-refractivity contribution in [1.29, 1.82) is 0 Å². The number of likely N-dealkylation sites (tertiary alicyclic amines) is 1. The predicted molar refractivity (Wildman–Crippen MR) is 155 cm³/mol. The maximum atomic E-state index is 13.8. The highest BCUT2D eigenvalue weighted by atomic mass is 32.2. The smallest absolute Gasteiger partial charge is 0.255 e. The minimum atomic E-state index is -3.90. The van der Waals surface area contributed by atoms with Crippen molar-refractivity contribution in [3.05, 3.63) is 71.8 Å². The normalized spacial score (nSPS) is 18.8. The molecule has 1 heterocycles. The van der Waals surface area contributed by atoms with Crippen LogP contribution in [-0.4, -0.2) is 50.3 Å². The van der Waals surface area contributed by atoms with Crippen LogP contribution in [0.5, 0.6) is 0 Å². The largest absolute Gasteiger partial charge is 0.341 e. The second-order valence-electron chi connectivity index (χ2n) is 10.9. The van der Waals surface area contributed by atoms with E-state index in [2.05, 4.69) is 23.9 Å². The van der Waals surface area contributed by atoms with Gasteiger partial charge < -0.3 is 16.0 Å². The number of aryl methyl sites for hydroxylation is 1. The summed E-state index contributed by atoms with van der Waals surface area (Å²) < 4.78 is 30.5. The zero-order chi connectivity index (χ0) is 28.3. The molecule has 8 nitrogen and oxygen atoms in total. The molecular weight excluding hydrogens is 512 g/mol. The van der Waals surface area contributed by atoms with E-state index in [1.807, 2.05) is 37.3 Å². The summed E-state index contributed by atoms with van der Waals surface area (Å²) in [5.74, 6) is -0.0597. The first kappa shape index (κ1) is 28.7. The molecule has 0 aliphatic carbocycles. The van der Waals surface area contributed by atoms with Crippen molar-refractivity contribution in [2.75, 3.05) is 18.4 Å². The molecule has 4 rings (SSSR count). The summed E-state index contributed by atoms with van der Waals surface area (Å²) in [6, 6.07) is 16.8. The van der Waals surface area contributed by atoms with Gasteiger partial charge in [-0.3, -0.25) is 9.59 Å². The van der Waals surface area contributed by atoms with Crippen LogP contribution in [0.25, 0.3) is 10.8 Å². The van der Waals surface area contributed by atoms with Gasteiger partial charge in [-0.15, -0.1) is 0 Å². The Kier molecular flexibility index (Phi) is 8.73. The Morgan fingerprint density at radius 3 is 2.33 bits per heavy atom. The number of carbonyl (C=O) groups excluding carboxylic acids is 2. The van der Waals surface area contributed by atoms with Gasteiger partial charge in [-0.05, 0) is 62.3 Å². The number of hydrogen-bond acceptors (Lipinski definition) is 5.